The molecule has 0 aliphatic heterocycles. The molecule has 3 heteroatoms. The molecule has 0 radical (unpaired) electrons. The minimum atomic E-state index is -2.15. The molecule has 0 saturated carbocycles. The second kappa shape index (κ2) is 9.93. The molecule has 0 amide bonds. The van der Waals surface area contributed by atoms with Crippen LogP contribution in [-0.2, 0) is 5.79 Å². The molecule has 0 heterocycles. The highest BCUT2D eigenvalue weighted by molar-refractivity contribution is 5.20. The number of hydrogen-bond donors (Lipinski definition) is 3. The van der Waals surface area contributed by atoms with Crippen molar-refractivity contribution >= 4 is 0 Å². The van der Waals surface area contributed by atoms with Crippen LogP contribution in [-0.4, -0.2) is 21.4 Å². The Labute approximate surface area is 128 Å². The van der Waals surface area contributed by atoms with E-state index in [9.17, 15) is 15.3 Å². The average Bonchev–Trinajstić information content (AvgIpc) is 2.50. The van der Waals surface area contributed by atoms with Crippen LogP contribution >= 0.6 is 0 Å². The predicted molar refractivity (Wildman–Crippen MR) is 85.8 cm³/mol. The number of aliphatic hydroxyl groups excluding tert-OH is 1. The Morgan fingerprint density at radius 2 is 1.38 bits per heavy atom. The van der Waals surface area contributed by atoms with Gasteiger partial charge in [0.25, 0.3) is 0 Å². The largest absolute Gasteiger partial charge is 0.387 e. The summed E-state index contributed by atoms with van der Waals surface area (Å²) in [5.74, 6) is -2.15. The lowest BCUT2D eigenvalue weighted by Gasteiger charge is -2.27. The first-order chi connectivity index (χ1) is 10.1. The number of rotatable bonds is 11. The molecule has 1 aromatic carbocycles. The zero-order chi connectivity index (χ0) is 15.6. The zero-order valence-electron chi connectivity index (χ0n) is 13.2. The predicted octanol–water partition coefficient (Wildman–Crippen LogP) is 3.72. The number of benzene rings is 1. The number of hydrogen-bond acceptors (Lipinski definition) is 3. The van der Waals surface area contributed by atoms with Gasteiger partial charge in [-0.3, -0.25) is 0 Å². The van der Waals surface area contributed by atoms with Crippen LogP contribution < -0.4 is 0 Å². The van der Waals surface area contributed by atoms with Gasteiger partial charge >= 0.3 is 0 Å². The molecule has 1 rings (SSSR count). The van der Waals surface area contributed by atoms with Crippen LogP contribution in [0.5, 0.6) is 0 Å². The van der Waals surface area contributed by atoms with Crippen molar-refractivity contribution in [2.45, 2.75) is 76.6 Å². The fourth-order valence-electron chi connectivity index (χ4n) is 2.55. The van der Waals surface area contributed by atoms with Gasteiger partial charge < -0.3 is 15.3 Å². The lowest BCUT2D eigenvalue weighted by molar-refractivity contribution is -0.236. The van der Waals surface area contributed by atoms with Crippen LogP contribution in [0.1, 0.15) is 70.3 Å². The maximum atomic E-state index is 10.1. The highest BCUT2D eigenvalue weighted by atomic mass is 16.5. The van der Waals surface area contributed by atoms with E-state index in [4.69, 9.17) is 0 Å². The minimum absolute atomic E-state index is 0.345. The quantitative estimate of drug-likeness (QED) is 0.430. The minimum Gasteiger partial charge on any atom is -0.387 e. The Morgan fingerprint density at radius 1 is 0.857 bits per heavy atom. The molecule has 21 heavy (non-hydrogen) atoms. The van der Waals surface area contributed by atoms with Crippen molar-refractivity contribution in [2.75, 3.05) is 0 Å². The molecular formula is C18H30O3. The first-order valence-electron chi connectivity index (χ1n) is 8.27. The molecule has 0 aromatic heterocycles. The van der Waals surface area contributed by atoms with Gasteiger partial charge in [0.1, 0.15) is 6.10 Å². The van der Waals surface area contributed by atoms with Gasteiger partial charge in [0, 0.05) is 5.56 Å². The normalized spacial score (nSPS) is 13.3. The van der Waals surface area contributed by atoms with Crippen molar-refractivity contribution < 1.29 is 15.3 Å². The highest BCUT2D eigenvalue weighted by Gasteiger charge is 2.34. The maximum absolute atomic E-state index is 10.1. The molecule has 120 valence electrons. The summed E-state index contributed by atoms with van der Waals surface area (Å²) in [7, 11) is 0. The SMILES string of the molecule is CCCCCCCCCCC(O)C(O)(O)c1ccccc1. The van der Waals surface area contributed by atoms with Crippen LogP contribution in [0.4, 0.5) is 0 Å². The summed E-state index contributed by atoms with van der Waals surface area (Å²) in [6.45, 7) is 2.21. The summed E-state index contributed by atoms with van der Waals surface area (Å²) in [5.41, 5.74) is 0.345. The van der Waals surface area contributed by atoms with E-state index < -0.39 is 11.9 Å². The van der Waals surface area contributed by atoms with Crippen molar-refractivity contribution in [1.29, 1.82) is 0 Å². The lowest BCUT2D eigenvalue weighted by Crippen LogP contribution is -2.39. The van der Waals surface area contributed by atoms with E-state index in [1.165, 1.54) is 32.1 Å². The summed E-state index contributed by atoms with van der Waals surface area (Å²) in [4.78, 5) is 0. The molecular weight excluding hydrogens is 264 g/mol. The van der Waals surface area contributed by atoms with Crippen molar-refractivity contribution in [3.8, 4) is 0 Å². The van der Waals surface area contributed by atoms with E-state index >= 15 is 0 Å². The maximum Gasteiger partial charge on any atom is 0.216 e. The van der Waals surface area contributed by atoms with E-state index in [0.717, 1.165) is 19.3 Å². The topological polar surface area (TPSA) is 60.7 Å². The first-order valence-corrected chi connectivity index (χ1v) is 8.27. The highest BCUT2D eigenvalue weighted by Crippen LogP contribution is 2.25. The van der Waals surface area contributed by atoms with E-state index in [-0.39, 0.29) is 0 Å². The van der Waals surface area contributed by atoms with Gasteiger partial charge in [0.2, 0.25) is 5.79 Å². The standard InChI is InChI=1S/C18H30O3/c1-2-3-4-5-6-7-8-12-15-17(19)18(20,21)16-13-10-9-11-14-16/h9-11,13-14,17,19-21H,2-8,12,15H2,1H3. The monoisotopic (exact) mass is 294 g/mol. The third-order valence-electron chi connectivity index (χ3n) is 3.99. The third kappa shape index (κ3) is 6.60. The Morgan fingerprint density at radius 3 is 1.95 bits per heavy atom. The van der Waals surface area contributed by atoms with Crippen LogP contribution in [0.25, 0.3) is 0 Å². The summed E-state index contributed by atoms with van der Waals surface area (Å²) >= 11 is 0. The summed E-state index contributed by atoms with van der Waals surface area (Å²) in [5, 5.41) is 30.1. The Kier molecular flexibility index (Phi) is 8.58. The summed E-state index contributed by atoms with van der Waals surface area (Å²) in [6, 6.07) is 8.53. The van der Waals surface area contributed by atoms with E-state index in [0.29, 0.717) is 12.0 Å². The molecule has 3 nitrogen and oxygen atoms in total. The molecule has 0 spiro atoms. The molecule has 0 aliphatic carbocycles. The van der Waals surface area contributed by atoms with Gasteiger partial charge in [0.15, 0.2) is 0 Å². The molecule has 1 aromatic rings. The van der Waals surface area contributed by atoms with Gasteiger partial charge in [-0.25, -0.2) is 0 Å². The van der Waals surface area contributed by atoms with E-state index in [1.807, 2.05) is 6.07 Å². The Hall–Kier alpha value is -0.900. The second-order valence-corrected chi connectivity index (χ2v) is 5.87. The van der Waals surface area contributed by atoms with Gasteiger partial charge in [-0.2, -0.15) is 0 Å². The Balaban J connectivity index is 2.20. The van der Waals surface area contributed by atoms with Crippen LogP contribution in [0, 0.1) is 0 Å². The van der Waals surface area contributed by atoms with Crippen molar-refractivity contribution in [3.05, 3.63) is 35.9 Å². The van der Waals surface area contributed by atoms with Gasteiger partial charge in [-0.05, 0) is 6.42 Å². The van der Waals surface area contributed by atoms with Crippen molar-refractivity contribution in [3.63, 3.8) is 0 Å². The van der Waals surface area contributed by atoms with Crippen LogP contribution in [0.3, 0.4) is 0 Å². The van der Waals surface area contributed by atoms with Crippen molar-refractivity contribution in [2.24, 2.45) is 0 Å². The molecule has 0 aliphatic rings. The number of aliphatic hydroxyl groups is 3. The van der Waals surface area contributed by atoms with Gasteiger partial charge in [-0.15, -0.1) is 0 Å². The van der Waals surface area contributed by atoms with Crippen LogP contribution in [0.15, 0.2) is 30.3 Å². The number of unbranched alkanes of at least 4 members (excludes halogenated alkanes) is 7. The first kappa shape index (κ1) is 18.1. The van der Waals surface area contributed by atoms with E-state index in [1.54, 1.807) is 24.3 Å². The van der Waals surface area contributed by atoms with Gasteiger partial charge in [-0.1, -0.05) is 88.6 Å². The smallest absolute Gasteiger partial charge is 0.216 e. The summed E-state index contributed by atoms with van der Waals surface area (Å²) < 4.78 is 0. The van der Waals surface area contributed by atoms with Gasteiger partial charge in [0.05, 0.1) is 0 Å². The zero-order valence-corrected chi connectivity index (χ0v) is 13.2. The molecule has 0 fully saturated rings. The second-order valence-electron chi connectivity index (χ2n) is 5.87. The molecule has 0 bridgehead atoms. The van der Waals surface area contributed by atoms with E-state index in [2.05, 4.69) is 6.92 Å². The third-order valence-corrected chi connectivity index (χ3v) is 3.99. The lowest BCUT2D eigenvalue weighted by atomic mass is 9.96. The Bertz CT molecular complexity index is 362. The molecule has 3 N–H and O–H groups in total. The molecule has 1 atom stereocenters. The van der Waals surface area contributed by atoms with Crippen LogP contribution in [0.2, 0.25) is 0 Å². The van der Waals surface area contributed by atoms with Crippen molar-refractivity contribution in [1.82, 2.24) is 0 Å². The summed E-state index contributed by atoms with van der Waals surface area (Å²) in [6.07, 6.45) is 8.70. The fraction of sp³-hybridized carbons (Fsp3) is 0.667. The fourth-order valence-corrected chi connectivity index (χ4v) is 2.55. The molecule has 0 saturated heterocycles. The molecule has 1 unspecified atom stereocenters. The average molecular weight is 294 g/mol.